The summed E-state index contributed by atoms with van der Waals surface area (Å²) in [5.74, 6) is 0.213. The smallest absolute Gasteiger partial charge is 0.253 e. The number of likely N-dealkylation sites (tertiary alicyclic amines) is 1. The lowest BCUT2D eigenvalue weighted by Crippen LogP contribution is -2.48. The van der Waals surface area contributed by atoms with E-state index in [2.05, 4.69) is 17.0 Å². The SMILES string of the molecule is CC(=O)N1CCC[C@@H]1c1cc(N2CCN(C(=O)c3ccccc3)CC2)cc(C)n1. The summed E-state index contributed by atoms with van der Waals surface area (Å²) in [5, 5.41) is 0. The Hall–Kier alpha value is -2.89. The van der Waals surface area contributed by atoms with Crippen molar-refractivity contribution in [2.75, 3.05) is 37.6 Å². The molecule has 0 unspecified atom stereocenters. The molecule has 0 saturated carbocycles. The summed E-state index contributed by atoms with van der Waals surface area (Å²) in [6, 6.07) is 13.8. The Morgan fingerprint density at radius 3 is 2.41 bits per heavy atom. The van der Waals surface area contributed by atoms with Crippen LogP contribution in [0.1, 0.15) is 47.6 Å². The average molecular weight is 393 g/mol. The molecule has 6 nitrogen and oxygen atoms in total. The third kappa shape index (κ3) is 4.11. The molecule has 1 atom stereocenters. The van der Waals surface area contributed by atoms with E-state index in [0.29, 0.717) is 13.1 Å². The highest BCUT2D eigenvalue weighted by atomic mass is 16.2. The van der Waals surface area contributed by atoms with Gasteiger partial charge in [0.1, 0.15) is 0 Å². The van der Waals surface area contributed by atoms with E-state index in [0.717, 1.165) is 55.1 Å². The van der Waals surface area contributed by atoms with Crippen molar-refractivity contribution in [3.63, 3.8) is 0 Å². The zero-order chi connectivity index (χ0) is 20.4. The van der Waals surface area contributed by atoms with Gasteiger partial charge in [0.05, 0.1) is 11.7 Å². The second-order valence-electron chi connectivity index (χ2n) is 7.91. The highest BCUT2D eigenvalue weighted by Gasteiger charge is 2.30. The Morgan fingerprint density at radius 1 is 1.00 bits per heavy atom. The van der Waals surface area contributed by atoms with Gasteiger partial charge in [-0.05, 0) is 44.0 Å². The highest BCUT2D eigenvalue weighted by molar-refractivity contribution is 5.94. The van der Waals surface area contributed by atoms with E-state index in [-0.39, 0.29) is 17.9 Å². The molecule has 1 aromatic carbocycles. The van der Waals surface area contributed by atoms with Crippen LogP contribution in [-0.2, 0) is 4.79 Å². The fraction of sp³-hybridized carbons (Fsp3) is 0.435. The number of piperazine rings is 1. The van der Waals surface area contributed by atoms with Gasteiger partial charge in [0.2, 0.25) is 5.91 Å². The molecule has 2 aliphatic heterocycles. The Morgan fingerprint density at radius 2 is 1.72 bits per heavy atom. The number of pyridine rings is 1. The molecule has 29 heavy (non-hydrogen) atoms. The van der Waals surface area contributed by atoms with Gasteiger partial charge < -0.3 is 14.7 Å². The zero-order valence-corrected chi connectivity index (χ0v) is 17.2. The summed E-state index contributed by atoms with van der Waals surface area (Å²) in [4.78, 5) is 35.6. The number of aryl methyl sites for hydroxylation is 1. The van der Waals surface area contributed by atoms with Crippen molar-refractivity contribution in [2.45, 2.75) is 32.7 Å². The monoisotopic (exact) mass is 392 g/mol. The van der Waals surface area contributed by atoms with E-state index >= 15 is 0 Å². The third-order valence-corrected chi connectivity index (χ3v) is 5.91. The van der Waals surface area contributed by atoms with Crippen LogP contribution in [0, 0.1) is 6.92 Å². The summed E-state index contributed by atoms with van der Waals surface area (Å²) < 4.78 is 0. The van der Waals surface area contributed by atoms with E-state index < -0.39 is 0 Å². The van der Waals surface area contributed by atoms with Gasteiger partial charge in [0.15, 0.2) is 0 Å². The molecule has 2 fully saturated rings. The highest BCUT2D eigenvalue weighted by Crippen LogP contribution is 2.33. The molecule has 152 valence electrons. The Bertz CT molecular complexity index is 891. The van der Waals surface area contributed by atoms with Gasteiger partial charge in [-0.3, -0.25) is 14.6 Å². The second-order valence-corrected chi connectivity index (χ2v) is 7.91. The molecule has 0 spiro atoms. The van der Waals surface area contributed by atoms with E-state index in [1.54, 1.807) is 6.92 Å². The predicted octanol–water partition coefficient (Wildman–Crippen LogP) is 3.04. The number of aromatic nitrogens is 1. The van der Waals surface area contributed by atoms with E-state index in [4.69, 9.17) is 4.98 Å². The molecule has 2 aromatic rings. The number of hydrogen-bond acceptors (Lipinski definition) is 4. The number of amides is 2. The van der Waals surface area contributed by atoms with Crippen LogP contribution in [0.3, 0.4) is 0 Å². The van der Waals surface area contributed by atoms with Crippen LogP contribution in [0.4, 0.5) is 5.69 Å². The van der Waals surface area contributed by atoms with Gasteiger partial charge in [-0.1, -0.05) is 18.2 Å². The minimum Gasteiger partial charge on any atom is -0.368 e. The lowest BCUT2D eigenvalue weighted by molar-refractivity contribution is -0.129. The van der Waals surface area contributed by atoms with Gasteiger partial charge >= 0.3 is 0 Å². The number of carbonyl (C=O) groups excluding carboxylic acids is 2. The molecule has 1 aromatic heterocycles. The van der Waals surface area contributed by atoms with Crippen molar-refractivity contribution in [1.29, 1.82) is 0 Å². The molecule has 4 rings (SSSR count). The summed E-state index contributed by atoms with van der Waals surface area (Å²) in [7, 11) is 0. The molecule has 0 bridgehead atoms. The van der Waals surface area contributed by atoms with Gasteiger partial charge in [0, 0.05) is 56.6 Å². The summed E-state index contributed by atoms with van der Waals surface area (Å²) in [6.07, 6.45) is 1.99. The summed E-state index contributed by atoms with van der Waals surface area (Å²) in [6.45, 7) is 7.45. The number of rotatable bonds is 3. The number of anilines is 1. The molecule has 0 N–H and O–H groups in total. The van der Waals surface area contributed by atoms with Gasteiger partial charge in [0.25, 0.3) is 5.91 Å². The van der Waals surface area contributed by atoms with Crippen LogP contribution in [0.2, 0.25) is 0 Å². The molecule has 2 aliphatic rings. The zero-order valence-electron chi connectivity index (χ0n) is 17.2. The van der Waals surface area contributed by atoms with Crippen LogP contribution in [0.25, 0.3) is 0 Å². The average Bonchev–Trinajstić information content (AvgIpc) is 3.24. The van der Waals surface area contributed by atoms with Gasteiger partial charge in [-0.15, -0.1) is 0 Å². The Labute approximate surface area is 172 Å². The van der Waals surface area contributed by atoms with Crippen molar-refractivity contribution in [3.8, 4) is 0 Å². The van der Waals surface area contributed by atoms with Crippen LogP contribution in [-0.4, -0.2) is 59.3 Å². The maximum Gasteiger partial charge on any atom is 0.253 e. The molecule has 2 saturated heterocycles. The number of nitrogens with zero attached hydrogens (tertiary/aromatic N) is 4. The maximum atomic E-state index is 12.7. The maximum absolute atomic E-state index is 12.7. The predicted molar refractivity (Wildman–Crippen MR) is 113 cm³/mol. The molecular formula is C23H28N4O2. The standard InChI is InChI=1S/C23H28N4O2/c1-17-15-20(16-21(24-17)22-9-6-10-27(22)18(2)28)25-11-13-26(14-12-25)23(29)19-7-4-3-5-8-19/h3-5,7-8,15-16,22H,6,9-14H2,1-2H3/t22-/m1/s1. The molecule has 6 heteroatoms. The first-order valence-corrected chi connectivity index (χ1v) is 10.4. The van der Waals surface area contributed by atoms with Crippen molar-refractivity contribution in [3.05, 3.63) is 59.4 Å². The third-order valence-electron chi connectivity index (χ3n) is 5.91. The first-order chi connectivity index (χ1) is 14.0. The lowest BCUT2D eigenvalue weighted by atomic mass is 10.1. The molecule has 0 aliphatic carbocycles. The largest absolute Gasteiger partial charge is 0.368 e. The van der Waals surface area contributed by atoms with Crippen LogP contribution in [0.5, 0.6) is 0 Å². The van der Waals surface area contributed by atoms with Crippen LogP contribution in [0.15, 0.2) is 42.5 Å². The molecular weight excluding hydrogens is 364 g/mol. The van der Waals surface area contributed by atoms with Crippen LogP contribution < -0.4 is 4.90 Å². The minimum atomic E-state index is 0.0760. The van der Waals surface area contributed by atoms with Crippen molar-refractivity contribution in [2.24, 2.45) is 0 Å². The quantitative estimate of drug-likeness (QED) is 0.806. The Balaban J connectivity index is 1.47. The normalized spacial score (nSPS) is 19.5. The van der Waals surface area contributed by atoms with E-state index in [1.165, 1.54) is 0 Å². The number of carbonyl (C=O) groups is 2. The first kappa shape index (κ1) is 19.4. The summed E-state index contributed by atoms with van der Waals surface area (Å²) >= 11 is 0. The topological polar surface area (TPSA) is 56.8 Å². The Kier molecular flexibility index (Phi) is 5.51. The lowest BCUT2D eigenvalue weighted by Gasteiger charge is -2.36. The van der Waals surface area contributed by atoms with Crippen molar-refractivity contribution in [1.82, 2.24) is 14.8 Å². The fourth-order valence-electron chi connectivity index (χ4n) is 4.41. The van der Waals surface area contributed by atoms with Gasteiger partial charge in [-0.25, -0.2) is 0 Å². The van der Waals surface area contributed by atoms with Crippen LogP contribution >= 0.6 is 0 Å². The number of hydrogen-bond donors (Lipinski definition) is 0. The number of benzene rings is 1. The molecule has 3 heterocycles. The van der Waals surface area contributed by atoms with Crippen molar-refractivity contribution < 1.29 is 9.59 Å². The van der Waals surface area contributed by atoms with E-state index in [1.807, 2.05) is 47.1 Å². The molecule has 2 amide bonds. The molecule has 0 radical (unpaired) electrons. The minimum absolute atomic E-state index is 0.0760. The first-order valence-electron chi connectivity index (χ1n) is 10.4. The second kappa shape index (κ2) is 8.23. The van der Waals surface area contributed by atoms with Gasteiger partial charge in [-0.2, -0.15) is 0 Å². The fourth-order valence-corrected chi connectivity index (χ4v) is 4.41. The van der Waals surface area contributed by atoms with E-state index in [9.17, 15) is 9.59 Å². The van der Waals surface area contributed by atoms with Crippen molar-refractivity contribution >= 4 is 17.5 Å². The summed E-state index contributed by atoms with van der Waals surface area (Å²) in [5.41, 5.74) is 3.83.